The SMILES string of the molecule is c1ccc(N(c2ccc(-c3cccc(-c4ccc5ccccc5c4)c3)cc2)c2ccccc2-c2cccc3c2sc2ccccc23)cc1. The van der Waals surface area contributed by atoms with Gasteiger partial charge in [-0.05, 0) is 81.6 Å². The molecule has 0 bridgehead atoms. The van der Waals surface area contributed by atoms with Crippen molar-refractivity contribution in [2.75, 3.05) is 4.90 Å². The zero-order valence-electron chi connectivity index (χ0n) is 26.3. The van der Waals surface area contributed by atoms with Gasteiger partial charge in [-0.2, -0.15) is 0 Å². The van der Waals surface area contributed by atoms with E-state index in [1.54, 1.807) is 0 Å². The van der Waals surface area contributed by atoms with Crippen LogP contribution in [0, 0.1) is 0 Å². The van der Waals surface area contributed by atoms with Crippen molar-refractivity contribution >= 4 is 59.3 Å². The molecule has 226 valence electrons. The zero-order chi connectivity index (χ0) is 31.9. The molecule has 0 saturated heterocycles. The molecule has 0 N–H and O–H groups in total. The van der Waals surface area contributed by atoms with E-state index in [1.807, 2.05) is 11.3 Å². The van der Waals surface area contributed by atoms with Crippen molar-refractivity contribution in [2.24, 2.45) is 0 Å². The lowest BCUT2D eigenvalue weighted by atomic mass is 9.97. The van der Waals surface area contributed by atoms with Crippen molar-refractivity contribution in [3.63, 3.8) is 0 Å². The van der Waals surface area contributed by atoms with Gasteiger partial charge < -0.3 is 4.90 Å². The summed E-state index contributed by atoms with van der Waals surface area (Å²) in [6.07, 6.45) is 0. The van der Waals surface area contributed by atoms with Crippen LogP contribution in [-0.2, 0) is 0 Å². The molecular weight excluding hydrogens is 599 g/mol. The van der Waals surface area contributed by atoms with E-state index in [2.05, 4.69) is 193 Å². The third-order valence-corrected chi connectivity index (χ3v) is 10.5. The van der Waals surface area contributed by atoms with Gasteiger partial charge in [0.25, 0.3) is 0 Å². The average molecular weight is 630 g/mol. The van der Waals surface area contributed by atoms with Crippen LogP contribution in [0.1, 0.15) is 0 Å². The van der Waals surface area contributed by atoms with Crippen LogP contribution in [-0.4, -0.2) is 0 Å². The zero-order valence-corrected chi connectivity index (χ0v) is 27.1. The molecule has 0 aliphatic rings. The first-order chi connectivity index (χ1) is 23.8. The molecule has 0 aliphatic heterocycles. The average Bonchev–Trinajstić information content (AvgIpc) is 3.55. The highest BCUT2D eigenvalue weighted by Gasteiger charge is 2.19. The molecule has 1 nitrogen and oxygen atoms in total. The van der Waals surface area contributed by atoms with Crippen LogP contribution in [0.5, 0.6) is 0 Å². The van der Waals surface area contributed by atoms with Crippen LogP contribution < -0.4 is 4.90 Å². The quantitative estimate of drug-likeness (QED) is 0.177. The van der Waals surface area contributed by atoms with Gasteiger partial charge >= 0.3 is 0 Å². The standard InChI is InChI=1S/C46H31NS/c1-2-16-38(17-3-1)47(44-22-8-6-18-40(44)42-20-11-21-43-41-19-7-9-23-45(41)48-46(42)43)39-28-26-33(27-29-39)35-14-10-15-36(30-35)37-25-24-32-12-4-5-13-34(32)31-37/h1-31H. The highest BCUT2D eigenvalue weighted by molar-refractivity contribution is 7.26. The Morgan fingerprint density at radius 3 is 1.83 bits per heavy atom. The number of rotatable bonds is 6. The minimum Gasteiger partial charge on any atom is -0.310 e. The van der Waals surface area contributed by atoms with Gasteiger partial charge in [-0.3, -0.25) is 0 Å². The summed E-state index contributed by atoms with van der Waals surface area (Å²) >= 11 is 1.88. The van der Waals surface area contributed by atoms with Gasteiger partial charge in [-0.1, -0.05) is 140 Å². The van der Waals surface area contributed by atoms with E-state index < -0.39 is 0 Å². The Kier molecular flexibility index (Phi) is 7.07. The molecule has 0 aliphatic carbocycles. The molecule has 0 saturated carbocycles. The normalized spacial score (nSPS) is 11.3. The second-order valence-electron chi connectivity index (χ2n) is 12.2. The molecule has 8 aromatic carbocycles. The summed E-state index contributed by atoms with van der Waals surface area (Å²) in [7, 11) is 0. The Bertz CT molecular complexity index is 2560. The van der Waals surface area contributed by atoms with E-state index >= 15 is 0 Å². The third kappa shape index (κ3) is 5.04. The number of hydrogen-bond donors (Lipinski definition) is 0. The van der Waals surface area contributed by atoms with Crippen molar-refractivity contribution in [3.05, 3.63) is 188 Å². The topological polar surface area (TPSA) is 3.24 Å². The molecule has 9 aromatic rings. The van der Waals surface area contributed by atoms with E-state index in [-0.39, 0.29) is 0 Å². The lowest BCUT2D eigenvalue weighted by Crippen LogP contribution is -2.11. The fourth-order valence-corrected chi connectivity index (χ4v) is 8.14. The summed E-state index contributed by atoms with van der Waals surface area (Å²) in [6.45, 7) is 0. The van der Waals surface area contributed by atoms with Crippen LogP contribution in [0.25, 0.3) is 64.3 Å². The summed E-state index contributed by atoms with van der Waals surface area (Å²) in [4.78, 5) is 2.39. The number of benzene rings is 8. The molecule has 48 heavy (non-hydrogen) atoms. The maximum absolute atomic E-state index is 2.39. The first kappa shape index (κ1) is 28.3. The summed E-state index contributed by atoms with van der Waals surface area (Å²) in [6, 6.07) is 68.1. The number of hydrogen-bond acceptors (Lipinski definition) is 2. The van der Waals surface area contributed by atoms with Gasteiger partial charge in [-0.25, -0.2) is 0 Å². The number of thiophene rings is 1. The van der Waals surface area contributed by atoms with Gasteiger partial charge in [0.2, 0.25) is 0 Å². The second-order valence-corrected chi connectivity index (χ2v) is 13.2. The Morgan fingerprint density at radius 1 is 0.354 bits per heavy atom. The number of fused-ring (bicyclic) bond motifs is 4. The van der Waals surface area contributed by atoms with Crippen molar-refractivity contribution in [3.8, 4) is 33.4 Å². The highest BCUT2D eigenvalue weighted by Crippen LogP contribution is 2.46. The number of nitrogens with zero attached hydrogens (tertiary/aromatic N) is 1. The van der Waals surface area contributed by atoms with E-state index in [0.29, 0.717) is 0 Å². The molecule has 0 unspecified atom stereocenters. The van der Waals surface area contributed by atoms with E-state index in [1.165, 1.54) is 64.3 Å². The Morgan fingerprint density at radius 2 is 0.958 bits per heavy atom. The smallest absolute Gasteiger partial charge is 0.0540 e. The van der Waals surface area contributed by atoms with E-state index in [4.69, 9.17) is 0 Å². The van der Waals surface area contributed by atoms with Crippen molar-refractivity contribution in [1.29, 1.82) is 0 Å². The molecular formula is C46H31NS. The molecule has 2 heteroatoms. The Labute approximate surface area is 284 Å². The number of para-hydroxylation sites is 2. The highest BCUT2D eigenvalue weighted by atomic mass is 32.1. The molecule has 0 amide bonds. The minimum absolute atomic E-state index is 1.12. The van der Waals surface area contributed by atoms with Gasteiger partial charge in [-0.15, -0.1) is 11.3 Å². The minimum atomic E-state index is 1.12. The molecule has 0 atom stereocenters. The molecule has 0 spiro atoms. The van der Waals surface area contributed by atoms with E-state index in [0.717, 1.165) is 17.1 Å². The second kappa shape index (κ2) is 12.0. The predicted octanol–water partition coefficient (Wildman–Crippen LogP) is 13.7. The fraction of sp³-hybridized carbons (Fsp3) is 0. The molecule has 0 radical (unpaired) electrons. The van der Waals surface area contributed by atoms with Crippen LogP contribution in [0.3, 0.4) is 0 Å². The van der Waals surface area contributed by atoms with Gasteiger partial charge in [0.05, 0.1) is 5.69 Å². The molecule has 1 aromatic heterocycles. The van der Waals surface area contributed by atoms with Crippen molar-refractivity contribution in [2.45, 2.75) is 0 Å². The van der Waals surface area contributed by atoms with Crippen LogP contribution in [0.4, 0.5) is 17.1 Å². The van der Waals surface area contributed by atoms with Crippen LogP contribution >= 0.6 is 11.3 Å². The number of anilines is 3. The molecule has 0 fully saturated rings. The largest absolute Gasteiger partial charge is 0.310 e. The summed E-state index contributed by atoms with van der Waals surface area (Å²) in [5, 5.41) is 5.15. The third-order valence-electron chi connectivity index (χ3n) is 9.26. The molecule has 9 rings (SSSR count). The first-order valence-corrected chi connectivity index (χ1v) is 17.2. The Balaban J connectivity index is 1.13. The molecule has 1 heterocycles. The Hall–Kier alpha value is -5.96. The maximum Gasteiger partial charge on any atom is 0.0540 e. The summed E-state index contributed by atoms with van der Waals surface area (Å²) in [5.74, 6) is 0. The van der Waals surface area contributed by atoms with Crippen molar-refractivity contribution in [1.82, 2.24) is 0 Å². The monoisotopic (exact) mass is 629 g/mol. The lowest BCUT2D eigenvalue weighted by molar-refractivity contribution is 1.28. The van der Waals surface area contributed by atoms with Gasteiger partial charge in [0, 0.05) is 42.7 Å². The maximum atomic E-state index is 2.39. The van der Waals surface area contributed by atoms with Crippen LogP contribution in [0.2, 0.25) is 0 Å². The fourth-order valence-electron chi connectivity index (χ4n) is 6.91. The van der Waals surface area contributed by atoms with Crippen molar-refractivity contribution < 1.29 is 0 Å². The lowest BCUT2D eigenvalue weighted by Gasteiger charge is -2.28. The first-order valence-electron chi connectivity index (χ1n) is 16.3. The van der Waals surface area contributed by atoms with Gasteiger partial charge in [0.1, 0.15) is 0 Å². The van der Waals surface area contributed by atoms with Crippen LogP contribution in [0.15, 0.2) is 188 Å². The summed E-state index contributed by atoms with van der Waals surface area (Å²) < 4.78 is 2.64. The van der Waals surface area contributed by atoms with Gasteiger partial charge in [0.15, 0.2) is 0 Å². The van der Waals surface area contributed by atoms with E-state index in [9.17, 15) is 0 Å². The predicted molar refractivity (Wildman–Crippen MR) is 208 cm³/mol. The summed E-state index contributed by atoms with van der Waals surface area (Å²) in [5.41, 5.74) is 10.7.